The molecular weight excluding hydrogens is 296 g/mol. The van der Waals surface area contributed by atoms with Crippen LogP contribution in [0.5, 0.6) is 0 Å². The summed E-state index contributed by atoms with van der Waals surface area (Å²) in [4.78, 5) is 23.8. The van der Waals surface area contributed by atoms with Crippen molar-refractivity contribution in [2.45, 2.75) is 11.7 Å². The molecule has 114 valence electrons. The summed E-state index contributed by atoms with van der Waals surface area (Å²) in [7, 11) is 1.67. The van der Waals surface area contributed by atoms with Crippen molar-refractivity contribution in [1.29, 1.82) is 0 Å². The van der Waals surface area contributed by atoms with E-state index in [4.69, 9.17) is 0 Å². The van der Waals surface area contributed by atoms with Crippen molar-refractivity contribution in [2.75, 3.05) is 12.3 Å². The van der Waals surface area contributed by atoms with Gasteiger partial charge in [0, 0.05) is 36.7 Å². The van der Waals surface area contributed by atoms with Crippen LogP contribution in [0, 0.1) is 0 Å². The predicted octanol–water partition coefficient (Wildman–Crippen LogP) is 2.15. The zero-order chi connectivity index (χ0) is 15.5. The van der Waals surface area contributed by atoms with Crippen LogP contribution in [0.4, 0.5) is 0 Å². The molecule has 0 saturated heterocycles. The van der Waals surface area contributed by atoms with Crippen LogP contribution in [0.25, 0.3) is 0 Å². The molecule has 1 aromatic heterocycles. The van der Waals surface area contributed by atoms with E-state index in [0.29, 0.717) is 12.1 Å². The first-order chi connectivity index (χ1) is 10.6. The number of rotatable bonds is 3. The van der Waals surface area contributed by atoms with Crippen molar-refractivity contribution in [3.63, 3.8) is 0 Å². The average molecular weight is 314 g/mol. The van der Waals surface area contributed by atoms with Gasteiger partial charge in [-0.3, -0.25) is 9.59 Å². The van der Waals surface area contributed by atoms with E-state index < -0.39 is 0 Å². The van der Waals surface area contributed by atoms with Crippen molar-refractivity contribution in [2.24, 2.45) is 7.05 Å². The lowest BCUT2D eigenvalue weighted by Gasteiger charge is -2.25. The molecule has 1 N–H and O–H groups in total. The molecule has 1 atom stereocenters. The molecule has 3 rings (SSSR count). The van der Waals surface area contributed by atoms with Crippen molar-refractivity contribution in [1.82, 2.24) is 9.88 Å². The topological polar surface area (TPSA) is 51.1 Å². The van der Waals surface area contributed by atoms with Gasteiger partial charge < -0.3 is 9.88 Å². The van der Waals surface area contributed by atoms with E-state index in [1.807, 2.05) is 17.8 Å². The molecule has 0 spiro atoms. The Balaban J connectivity index is 1.69. The Labute approximate surface area is 133 Å². The second-order valence-electron chi connectivity index (χ2n) is 5.38. The maximum atomic E-state index is 12.2. The molecule has 1 aromatic carbocycles. The van der Waals surface area contributed by atoms with Gasteiger partial charge in [0.25, 0.3) is 11.5 Å². The molecule has 1 unspecified atom stereocenters. The number of benzene rings is 1. The first-order valence-electron chi connectivity index (χ1n) is 7.29. The quantitative estimate of drug-likeness (QED) is 0.944. The molecule has 0 fully saturated rings. The van der Waals surface area contributed by atoms with Gasteiger partial charge in [-0.05, 0) is 29.4 Å². The fourth-order valence-corrected chi connectivity index (χ4v) is 3.86. The van der Waals surface area contributed by atoms with Gasteiger partial charge in [0.05, 0.1) is 0 Å². The van der Waals surface area contributed by atoms with Crippen LogP contribution < -0.4 is 10.9 Å². The number of carbonyl (C=O) groups excluding carboxylic acids is 1. The van der Waals surface area contributed by atoms with Crippen LogP contribution in [-0.2, 0) is 13.5 Å². The van der Waals surface area contributed by atoms with Crippen LogP contribution in [-0.4, -0.2) is 22.8 Å². The van der Waals surface area contributed by atoms with E-state index in [1.54, 1.807) is 19.3 Å². The lowest BCUT2D eigenvalue weighted by atomic mass is 10.0. The zero-order valence-electron chi connectivity index (χ0n) is 12.4. The normalized spacial score (nSPS) is 16.9. The first kappa shape index (κ1) is 14.9. The second kappa shape index (κ2) is 6.40. The zero-order valence-corrected chi connectivity index (χ0v) is 13.2. The predicted molar refractivity (Wildman–Crippen MR) is 89.4 cm³/mol. The van der Waals surface area contributed by atoms with Crippen LogP contribution in [0.1, 0.15) is 26.7 Å². The number of thioether (sulfide) groups is 1. The van der Waals surface area contributed by atoms with Crippen molar-refractivity contribution < 1.29 is 4.79 Å². The minimum Gasteiger partial charge on any atom is -0.351 e. The van der Waals surface area contributed by atoms with Gasteiger partial charge in [-0.25, -0.2) is 0 Å². The molecule has 0 aliphatic carbocycles. The van der Waals surface area contributed by atoms with Crippen LogP contribution in [0.2, 0.25) is 0 Å². The van der Waals surface area contributed by atoms with Crippen molar-refractivity contribution in [3.05, 3.63) is 69.6 Å². The first-order valence-corrected chi connectivity index (χ1v) is 8.34. The van der Waals surface area contributed by atoms with Gasteiger partial charge in [-0.2, -0.15) is 11.8 Å². The number of hydrogen-bond acceptors (Lipinski definition) is 3. The SMILES string of the molecule is Cn1ccc(C(=O)NCC2SCCc3ccccc32)cc1=O. The third kappa shape index (κ3) is 3.09. The fraction of sp³-hybridized carbons (Fsp3) is 0.294. The summed E-state index contributed by atoms with van der Waals surface area (Å²) in [6.07, 6.45) is 2.70. The number of fused-ring (bicyclic) bond motifs is 1. The van der Waals surface area contributed by atoms with Crippen molar-refractivity contribution in [3.8, 4) is 0 Å². The third-order valence-corrected chi connectivity index (χ3v) is 5.17. The highest BCUT2D eigenvalue weighted by atomic mass is 32.2. The van der Waals surface area contributed by atoms with E-state index in [0.717, 1.165) is 12.2 Å². The number of carbonyl (C=O) groups is 1. The minimum absolute atomic E-state index is 0.176. The van der Waals surface area contributed by atoms with Gasteiger partial charge in [0.15, 0.2) is 0 Å². The van der Waals surface area contributed by atoms with Gasteiger partial charge in [0.1, 0.15) is 0 Å². The molecule has 1 aliphatic rings. The molecular formula is C17H18N2O2S. The maximum absolute atomic E-state index is 12.2. The Bertz CT molecular complexity index is 754. The summed E-state index contributed by atoms with van der Waals surface area (Å²) in [5, 5.41) is 3.23. The average Bonchev–Trinajstić information content (AvgIpc) is 2.55. The number of pyridine rings is 1. The molecule has 0 bridgehead atoms. The van der Waals surface area contributed by atoms with Crippen LogP contribution >= 0.6 is 11.8 Å². The Morgan fingerprint density at radius 1 is 1.36 bits per heavy atom. The van der Waals surface area contributed by atoms with Crippen molar-refractivity contribution >= 4 is 17.7 Å². The highest BCUT2D eigenvalue weighted by Gasteiger charge is 2.21. The van der Waals surface area contributed by atoms with E-state index in [1.165, 1.54) is 21.8 Å². The molecule has 2 aromatic rings. The number of aromatic nitrogens is 1. The standard InChI is InChI=1S/C17H18N2O2S/c1-19-8-6-13(10-16(19)20)17(21)18-11-15-14-5-3-2-4-12(14)7-9-22-15/h2-6,8,10,15H,7,9,11H2,1H3,(H,18,21). The van der Waals surface area contributed by atoms with Crippen LogP contribution in [0.3, 0.4) is 0 Å². The van der Waals surface area contributed by atoms with E-state index in [9.17, 15) is 9.59 Å². The monoisotopic (exact) mass is 314 g/mol. The summed E-state index contributed by atoms with van der Waals surface area (Å²) in [6.45, 7) is 0.579. The molecule has 4 nitrogen and oxygen atoms in total. The largest absolute Gasteiger partial charge is 0.351 e. The van der Waals surface area contributed by atoms with Gasteiger partial charge >= 0.3 is 0 Å². The summed E-state index contributed by atoms with van der Waals surface area (Å²) in [6, 6.07) is 11.4. The van der Waals surface area contributed by atoms with Gasteiger partial charge in [0.2, 0.25) is 0 Å². The molecule has 1 amide bonds. The summed E-state index contributed by atoms with van der Waals surface area (Å²) in [5.41, 5.74) is 2.92. The highest BCUT2D eigenvalue weighted by Crippen LogP contribution is 2.35. The Morgan fingerprint density at radius 2 is 2.18 bits per heavy atom. The maximum Gasteiger partial charge on any atom is 0.251 e. The number of nitrogens with zero attached hydrogens (tertiary/aromatic N) is 1. The summed E-state index contributed by atoms with van der Waals surface area (Å²) < 4.78 is 1.45. The molecule has 1 aliphatic heterocycles. The summed E-state index contributed by atoms with van der Waals surface area (Å²) in [5.74, 6) is 0.880. The number of aryl methyl sites for hydroxylation is 2. The molecule has 0 saturated carbocycles. The van der Waals surface area contributed by atoms with E-state index >= 15 is 0 Å². The Hall–Kier alpha value is -2.01. The van der Waals surface area contributed by atoms with E-state index in [2.05, 4.69) is 23.5 Å². The molecule has 2 heterocycles. The highest BCUT2D eigenvalue weighted by molar-refractivity contribution is 7.99. The lowest BCUT2D eigenvalue weighted by molar-refractivity contribution is 0.0953. The molecule has 0 radical (unpaired) electrons. The number of hydrogen-bond donors (Lipinski definition) is 1. The summed E-state index contributed by atoms with van der Waals surface area (Å²) >= 11 is 1.87. The lowest BCUT2D eigenvalue weighted by Crippen LogP contribution is -2.30. The Kier molecular flexibility index (Phi) is 4.34. The number of nitrogens with one attached hydrogen (secondary N) is 1. The van der Waals surface area contributed by atoms with Gasteiger partial charge in [-0.1, -0.05) is 24.3 Å². The molecule has 22 heavy (non-hydrogen) atoms. The fourth-order valence-electron chi connectivity index (χ4n) is 2.62. The minimum atomic E-state index is -0.193. The smallest absolute Gasteiger partial charge is 0.251 e. The van der Waals surface area contributed by atoms with Crippen LogP contribution in [0.15, 0.2) is 47.4 Å². The molecule has 5 heteroatoms. The Morgan fingerprint density at radius 3 is 3.00 bits per heavy atom. The third-order valence-electron chi connectivity index (χ3n) is 3.91. The van der Waals surface area contributed by atoms with E-state index in [-0.39, 0.29) is 16.7 Å². The second-order valence-corrected chi connectivity index (χ2v) is 6.69. The number of amides is 1. The van der Waals surface area contributed by atoms with Gasteiger partial charge in [-0.15, -0.1) is 0 Å².